The number of hydrogen-bond donors (Lipinski definition) is 0. The van der Waals surface area contributed by atoms with E-state index in [4.69, 9.17) is 0 Å². The van der Waals surface area contributed by atoms with Crippen LogP contribution in [0.4, 0.5) is 0 Å². The Balaban J connectivity index is 0.000000640. The first kappa shape index (κ1) is 5.35. The van der Waals surface area contributed by atoms with Crippen LogP contribution in [-0.2, 0) is 6.42 Å². The minimum absolute atomic E-state index is 0. The molecule has 46 valence electrons. The Labute approximate surface area is 50.0 Å². The molecule has 0 aliphatic rings. The molecular weight excluding hydrogens is 102 g/mol. The molecule has 0 aliphatic heterocycles. The van der Waals surface area contributed by atoms with Gasteiger partial charge in [0.2, 0.25) is 0 Å². The quantitative estimate of drug-likeness (QED) is 0.555. The zero-order valence-corrected chi connectivity index (χ0v) is 5.14. The molecule has 0 spiro atoms. The molecule has 2 heteroatoms. The SMILES string of the molecule is CCc1conc1C.[HH]. The van der Waals surface area contributed by atoms with Crippen molar-refractivity contribution < 1.29 is 5.95 Å². The zero-order valence-electron chi connectivity index (χ0n) is 5.14. The highest BCUT2D eigenvalue weighted by atomic mass is 16.5. The van der Waals surface area contributed by atoms with E-state index in [1.807, 2.05) is 6.92 Å². The predicted molar refractivity (Wildman–Crippen MR) is 32.7 cm³/mol. The molecule has 0 bridgehead atoms. The molecule has 0 saturated carbocycles. The van der Waals surface area contributed by atoms with E-state index >= 15 is 0 Å². The Morgan fingerprint density at radius 3 is 2.88 bits per heavy atom. The number of aromatic nitrogens is 1. The molecule has 8 heavy (non-hydrogen) atoms. The maximum absolute atomic E-state index is 4.69. The molecule has 0 aromatic carbocycles. The van der Waals surface area contributed by atoms with Crippen LogP contribution in [0.2, 0.25) is 0 Å². The fourth-order valence-electron chi connectivity index (χ4n) is 0.652. The number of rotatable bonds is 1. The molecule has 2 nitrogen and oxygen atoms in total. The van der Waals surface area contributed by atoms with Crippen LogP contribution in [0.5, 0.6) is 0 Å². The maximum atomic E-state index is 4.69. The molecule has 1 aromatic rings. The fraction of sp³-hybridized carbons (Fsp3) is 0.500. The Morgan fingerprint density at radius 2 is 2.62 bits per heavy atom. The van der Waals surface area contributed by atoms with Crippen LogP contribution >= 0.6 is 0 Å². The van der Waals surface area contributed by atoms with Gasteiger partial charge in [0.15, 0.2) is 0 Å². The molecule has 0 unspecified atom stereocenters. The monoisotopic (exact) mass is 113 g/mol. The third-order valence-corrected chi connectivity index (χ3v) is 1.23. The van der Waals surface area contributed by atoms with Gasteiger partial charge in [-0.2, -0.15) is 0 Å². The van der Waals surface area contributed by atoms with Crippen molar-refractivity contribution in [3.05, 3.63) is 17.5 Å². The van der Waals surface area contributed by atoms with Gasteiger partial charge < -0.3 is 4.52 Å². The fourth-order valence-corrected chi connectivity index (χ4v) is 0.652. The topological polar surface area (TPSA) is 26.0 Å². The Hall–Kier alpha value is -0.790. The molecule has 0 aliphatic carbocycles. The average molecular weight is 113 g/mol. The smallest absolute Gasteiger partial charge is 0.127 e. The molecule has 1 heterocycles. The zero-order chi connectivity index (χ0) is 5.98. The Kier molecular flexibility index (Phi) is 1.33. The van der Waals surface area contributed by atoms with E-state index in [1.54, 1.807) is 6.26 Å². The second kappa shape index (κ2) is 1.99. The van der Waals surface area contributed by atoms with E-state index < -0.39 is 0 Å². The second-order valence-electron chi connectivity index (χ2n) is 1.78. The summed E-state index contributed by atoms with van der Waals surface area (Å²) < 4.78 is 4.69. The van der Waals surface area contributed by atoms with Gasteiger partial charge in [0, 0.05) is 6.99 Å². The van der Waals surface area contributed by atoms with Gasteiger partial charge >= 0.3 is 0 Å². The van der Waals surface area contributed by atoms with Crippen LogP contribution < -0.4 is 0 Å². The van der Waals surface area contributed by atoms with Crippen molar-refractivity contribution in [2.45, 2.75) is 20.3 Å². The highest BCUT2D eigenvalue weighted by Crippen LogP contribution is 2.03. The summed E-state index contributed by atoms with van der Waals surface area (Å²) in [4.78, 5) is 0. The van der Waals surface area contributed by atoms with Gasteiger partial charge in [-0.15, -0.1) is 0 Å². The van der Waals surface area contributed by atoms with E-state index in [-0.39, 0.29) is 1.43 Å². The first-order chi connectivity index (χ1) is 3.84. The predicted octanol–water partition coefficient (Wildman–Crippen LogP) is 1.79. The van der Waals surface area contributed by atoms with Crippen LogP contribution in [-0.4, -0.2) is 5.16 Å². The van der Waals surface area contributed by atoms with Crippen molar-refractivity contribution in [3.8, 4) is 0 Å². The third-order valence-electron chi connectivity index (χ3n) is 1.23. The second-order valence-corrected chi connectivity index (χ2v) is 1.78. The van der Waals surface area contributed by atoms with Crippen LogP contribution in [0.15, 0.2) is 10.8 Å². The summed E-state index contributed by atoms with van der Waals surface area (Å²) in [6, 6.07) is 0. The van der Waals surface area contributed by atoms with Crippen molar-refractivity contribution in [1.82, 2.24) is 5.16 Å². The number of aryl methyl sites for hydroxylation is 2. The highest BCUT2D eigenvalue weighted by Gasteiger charge is 1.96. The molecule has 1 aromatic heterocycles. The summed E-state index contributed by atoms with van der Waals surface area (Å²) in [6.45, 7) is 4.03. The van der Waals surface area contributed by atoms with Crippen molar-refractivity contribution in [2.24, 2.45) is 0 Å². The van der Waals surface area contributed by atoms with Crippen molar-refractivity contribution in [1.29, 1.82) is 0 Å². The van der Waals surface area contributed by atoms with Crippen LogP contribution in [0.3, 0.4) is 0 Å². The average Bonchev–Trinajstić information content (AvgIpc) is 2.14. The number of nitrogens with zero attached hydrogens (tertiary/aromatic N) is 1. The Morgan fingerprint density at radius 1 is 1.88 bits per heavy atom. The summed E-state index contributed by atoms with van der Waals surface area (Å²) in [5.74, 6) is 0. The van der Waals surface area contributed by atoms with E-state index in [2.05, 4.69) is 16.6 Å². The Bertz CT molecular complexity index is 173. The van der Waals surface area contributed by atoms with Gasteiger partial charge in [0.25, 0.3) is 0 Å². The highest BCUT2D eigenvalue weighted by molar-refractivity contribution is 5.11. The summed E-state index contributed by atoms with van der Waals surface area (Å²) in [6.07, 6.45) is 2.70. The molecule has 0 saturated heterocycles. The van der Waals surface area contributed by atoms with Gasteiger partial charge in [0.05, 0.1) is 5.69 Å². The van der Waals surface area contributed by atoms with Crippen molar-refractivity contribution >= 4 is 0 Å². The van der Waals surface area contributed by atoms with Crippen molar-refractivity contribution in [2.75, 3.05) is 0 Å². The van der Waals surface area contributed by atoms with E-state index in [9.17, 15) is 0 Å². The molecule has 1 rings (SSSR count). The molecule has 0 fully saturated rings. The molecule has 0 amide bonds. The minimum atomic E-state index is 0. The largest absolute Gasteiger partial charge is 0.364 e. The lowest BCUT2D eigenvalue weighted by atomic mass is 10.2. The third kappa shape index (κ3) is 0.735. The lowest BCUT2D eigenvalue weighted by molar-refractivity contribution is 0.414. The van der Waals surface area contributed by atoms with Gasteiger partial charge in [-0.1, -0.05) is 12.1 Å². The summed E-state index contributed by atoms with van der Waals surface area (Å²) >= 11 is 0. The summed E-state index contributed by atoms with van der Waals surface area (Å²) in [5, 5.41) is 3.71. The van der Waals surface area contributed by atoms with Gasteiger partial charge in [-0.05, 0) is 13.3 Å². The van der Waals surface area contributed by atoms with Crippen LogP contribution in [0.25, 0.3) is 0 Å². The van der Waals surface area contributed by atoms with Gasteiger partial charge in [-0.25, -0.2) is 0 Å². The van der Waals surface area contributed by atoms with E-state index in [1.165, 1.54) is 5.56 Å². The first-order valence-electron chi connectivity index (χ1n) is 2.74. The molecule has 0 N–H and O–H groups in total. The lowest BCUT2D eigenvalue weighted by Crippen LogP contribution is -1.77. The summed E-state index contributed by atoms with van der Waals surface area (Å²) in [7, 11) is 0. The molecule has 0 atom stereocenters. The normalized spacial score (nSPS) is 9.75. The maximum Gasteiger partial charge on any atom is 0.127 e. The lowest BCUT2D eigenvalue weighted by Gasteiger charge is -1.82. The van der Waals surface area contributed by atoms with Gasteiger partial charge in [0.1, 0.15) is 6.26 Å². The van der Waals surface area contributed by atoms with Crippen LogP contribution in [0.1, 0.15) is 19.6 Å². The number of hydrogen-bond acceptors (Lipinski definition) is 2. The van der Waals surface area contributed by atoms with E-state index in [0.29, 0.717) is 0 Å². The standard InChI is InChI=1S/C6H9NO.H2/c1-3-6-4-8-7-5(6)2;/h4H,3H2,1-2H3;1H. The first-order valence-corrected chi connectivity index (χ1v) is 2.74. The molecule has 0 radical (unpaired) electrons. The summed E-state index contributed by atoms with van der Waals surface area (Å²) in [5.41, 5.74) is 2.21. The van der Waals surface area contributed by atoms with E-state index in [0.717, 1.165) is 12.1 Å². The van der Waals surface area contributed by atoms with Gasteiger partial charge in [-0.3, -0.25) is 0 Å². The van der Waals surface area contributed by atoms with Crippen LogP contribution in [0, 0.1) is 6.92 Å². The minimum Gasteiger partial charge on any atom is -0.364 e. The van der Waals surface area contributed by atoms with Crippen molar-refractivity contribution in [3.63, 3.8) is 0 Å². The molecular formula is C6H11NO.